The van der Waals surface area contributed by atoms with Gasteiger partial charge in [0.15, 0.2) is 4.80 Å². The molecule has 138 valence electrons. The maximum absolute atomic E-state index is 12.8. The first kappa shape index (κ1) is 18.2. The number of carbonyl (C=O) groups is 1. The molecule has 1 amide bonds. The van der Waals surface area contributed by atoms with Crippen molar-refractivity contribution >= 4 is 33.2 Å². The van der Waals surface area contributed by atoms with E-state index in [9.17, 15) is 4.79 Å². The molecule has 0 spiro atoms. The molecule has 4 nitrogen and oxygen atoms in total. The fourth-order valence-corrected chi connectivity index (χ4v) is 5.21. The lowest BCUT2D eigenvalue weighted by molar-refractivity contribution is 0.0997. The van der Waals surface area contributed by atoms with Crippen LogP contribution >= 0.6 is 27.3 Å². The van der Waals surface area contributed by atoms with E-state index in [1.165, 1.54) is 21.7 Å². The van der Waals surface area contributed by atoms with E-state index in [2.05, 4.69) is 56.7 Å². The molecule has 27 heavy (non-hydrogen) atoms. The Morgan fingerprint density at radius 1 is 1.26 bits per heavy atom. The van der Waals surface area contributed by atoms with E-state index >= 15 is 0 Å². The highest BCUT2D eigenvalue weighted by Gasteiger charge is 2.22. The molecule has 0 aliphatic heterocycles. The van der Waals surface area contributed by atoms with Crippen LogP contribution in [0.1, 0.15) is 27.7 Å². The molecule has 0 atom stereocenters. The van der Waals surface area contributed by atoms with E-state index < -0.39 is 0 Å². The monoisotopic (exact) mass is 442 g/mol. The van der Waals surface area contributed by atoms with Crippen molar-refractivity contribution in [3.63, 3.8) is 0 Å². The summed E-state index contributed by atoms with van der Waals surface area (Å²) in [4.78, 5) is 19.3. The second-order valence-corrected chi connectivity index (χ2v) is 8.24. The lowest BCUT2D eigenvalue weighted by Crippen LogP contribution is -2.18. The summed E-state index contributed by atoms with van der Waals surface area (Å²) in [7, 11) is 1.60. The summed E-state index contributed by atoms with van der Waals surface area (Å²) in [5.41, 5.74) is 4.38. The van der Waals surface area contributed by atoms with Crippen LogP contribution < -0.4 is 9.54 Å². The van der Waals surface area contributed by atoms with Gasteiger partial charge in [0.2, 0.25) is 0 Å². The fourth-order valence-electron chi connectivity index (χ4n) is 3.47. The number of aryl methyl sites for hydroxylation is 2. The zero-order valence-corrected chi connectivity index (χ0v) is 17.6. The lowest BCUT2D eigenvalue weighted by atomic mass is 9.93. The summed E-state index contributed by atoms with van der Waals surface area (Å²) in [6, 6.07) is 13.8. The van der Waals surface area contributed by atoms with Gasteiger partial charge < -0.3 is 9.30 Å². The molecule has 0 radical (unpaired) electrons. The predicted molar refractivity (Wildman–Crippen MR) is 111 cm³/mol. The summed E-state index contributed by atoms with van der Waals surface area (Å²) in [6.07, 6.45) is 2.03. The number of nitrogens with zero attached hydrogens (tertiary/aromatic N) is 2. The number of rotatable bonds is 3. The minimum absolute atomic E-state index is 0.243. The molecule has 1 heterocycles. The quantitative estimate of drug-likeness (QED) is 0.581. The number of halogens is 1. The topological polar surface area (TPSA) is 43.6 Å². The first-order valence-corrected chi connectivity index (χ1v) is 10.5. The van der Waals surface area contributed by atoms with Crippen LogP contribution in [0.15, 0.2) is 51.9 Å². The van der Waals surface area contributed by atoms with E-state index in [-0.39, 0.29) is 5.91 Å². The van der Waals surface area contributed by atoms with Crippen LogP contribution in [0.5, 0.6) is 5.75 Å². The number of hydrogen-bond donors (Lipinski definition) is 0. The van der Waals surface area contributed by atoms with Crippen molar-refractivity contribution in [2.24, 2.45) is 4.99 Å². The van der Waals surface area contributed by atoms with Gasteiger partial charge in [-0.2, -0.15) is 4.99 Å². The average Bonchev–Trinajstić information content (AvgIpc) is 3.05. The number of hydrogen-bond acceptors (Lipinski definition) is 3. The molecular weight excluding hydrogens is 424 g/mol. The van der Waals surface area contributed by atoms with Crippen molar-refractivity contribution in [3.8, 4) is 17.0 Å². The number of amides is 1. The predicted octanol–water partition coefficient (Wildman–Crippen LogP) is 4.85. The highest BCUT2D eigenvalue weighted by molar-refractivity contribution is 9.10. The lowest BCUT2D eigenvalue weighted by Gasteiger charge is -2.17. The molecule has 0 fully saturated rings. The Bertz CT molecular complexity index is 1100. The fraction of sp³-hybridized carbons (Fsp3) is 0.238. The van der Waals surface area contributed by atoms with Gasteiger partial charge in [-0.05, 0) is 59.5 Å². The zero-order chi connectivity index (χ0) is 19.0. The number of carbonyl (C=O) groups excluding carboxylic acids is 1. The molecular formula is C21H19BrN2O2S. The Morgan fingerprint density at radius 2 is 2.07 bits per heavy atom. The van der Waals surface area contributed by atoms with E-state index in [0.717, 1.165) is 28.7 Å². The van der Waals surface area contributed by atoms with E-state index in [0.29, 0.717) is 11.3 Å². The Balaban J connectivity index is 1.80. The Labute approximate surface area is 170 Å². The molecule has 1 aromatic heterocycles. The van der Waals surface area contributed by atoms with Gasteiger partial charge >= 0.3 is 0 Å². The number of benzene rings is 2. The minimum atomic E-state index is -0.243. The van der Waals surface area contributed by atoms with E-state index in [4.69, 9.17) is 4.74 Å². The molecule has 0 unspecified atom stereocenters. The van der Waals surface area contributed by atoms with Gasteiger partial charge in [-0.1, -0.05) is 24.3 Å². The number of methoxy groups -OCH3 is 1. The minimum Gasteiger partial charge on any atom is -0.496 e. The van der Waals surface area contributed by atoms with Crippen molar-refractivity contribution in [2.75, 3.05) is 7.11 Å². The van der Waals surface area contributed by atoms with Crippen LogP contribution in [-0.2, 0) is 19.4 Å². The van der Waals surface area contributed by atoms with Crippen molar-refractivity contribution in [1.29, 1.82) is 0 Å². The van der Waals surface area contributed by atoms with Gasteiger partial charge in [-0.15, -0.1) is 11.3 Å². The van der Waals surface area contributed by atoms with Crippen LogP contribution in [0.25, 0.3) is 11.3 Å². The molecule has 0 N–H and O–H groups in total. The molecule has 0 saturated carbocycles. The van der Waals surface area contributed by atoms with Crippen LogP contribution in [0.4, 0.5) is 0 Å². The van der Waals surface area contributed by atoms with Gasteiger partial charge in [-0.25, -0.2) is 0 Å². The average molecular weight is 443 g/mol. The van der Waals surface area contributed by atoms with Gasteiger partial charge in [-0.3, -0.25) is 4.79 Å². The van der Waals surface area contributed by atoms with Crippen LogP contribution in [0.2, 0.25) is 0 Å². The molecule has 4 rings (SSSR count). The third kappa shape index (κ3) is 3.28. The normalized spacial score (nSPS) is 13.2. The van der Waals surface area contributed by atoms with Crippen molar-refractivity contribution in [2.45, 2.75) is 26.3 Å². The summed E-state index contributed by atoms with van der Waals surface area (Å²) in [5, 5.41) is 0. The third-order valence-electron chi connectivity index (χ3n) is 4.79. The first-order chi connectivity index (χ1) is 13.1. The standard InChI is InChI=1S/C21H19BrN2O2S/c1-3-24-19-15-7-5-4-6-13(15)9-11-18(19)27-21(24)23-20(25)14-8-10-17(26-2)16(22)12-14/h4-8,10,12H,3,9,11H2,1-2H3. The zero-order valence-electron chi connectivity index (χ0n) is 15.2. The number of fused-ring (bicyclic) bond motifs is 3. The van der Waals surface area contributed by atoms with Crippen molar-refractivity contribution in [1.82, 2.24) is 4.57 Å². The molecule has 6 heteroatoms. The first-order valence-electron chi connectivity index (χ1n) is 8.85. The third-order valence-corrected chi connectivity index (χ3v) is 6.54. The number of aromatic nitrogens is 1. The Morgan fingerprint density at radius 3 is 2.81 bits per heavy atom. The van der Waals surface area contributed by atoms with E-state index in [1.807, 2.05) is 0 Å². The summed E-state index contributed by atoms with van der Waals surface area (Å²) in [6.45, 7) is 2.87. The summed E-state index contributed by atoms with van der Waals surface area (Å²) in [5.74, 6) is 0.450. The summed E-state index contributed by atoms with van der Waals surface area (Å²) < 4.78 is 8.14. The second kappa shape index (κ2) is 7.44. The molecule has 1 aliphatic carbocycles. The molecule has 0 bridgehead atoms. The van der Waals surface area contributed by atoms with Crippen LogP contribution in [0.3, 0.4) is 0 Å². The maximum Gasteiger partial charge on any atom is 0.279 e. The van der Waals surface area contributed by atoms with E-state index in [1.54, 1.807) is 36.6 Å². The molecule has 3 aromatic rings. The second-order valence-electron chi connectivity index (χ2n) is 6.32. The number of ether oxygens (including phenoxy) is 1. The van der Waals surface area contributed by atoms with Crippen molar-refractivity contribution in [3.05, 3.63) is 67.7 Å². The summed E-state index contributed by atoms with van der Waals surface area (Å²) >= 11 is 5.06. The highest BCUT2D eigenvalue weighted by Crippen LogP contribution is 2.34. The molecule has 0 saturated heterocycles. The van der Waals surface area contributed by atoms with Gasteiger partial charge in [0, 0.05) is 22.5 Å². The SMILES string of the molecule is CCn1c2c(sc1=NC(=O)c1ccc(OC)c(Br)c1)CCc1ccccc1-2. The largest absolute Gasteiger partial charge is 0.496 e. The van der Waals surface area contributed by atoms with Crippen molar-refractivity contribution < 1.29 is 9.53 Å². The molecule has 2 aromatic carbocycles. The van der Waals surface area contributed by atoms with Gasteiger partial charge in [0.05, 0.1) is 17.3 Å². The highest BCUT2D eigenvalue weighted by atomic mass is 79.9. The molecule has 1 aliphatic rings. The van der Waals surface area contributed by atoms with Gasteiger partial charge in [0.25, 0.3) is 5.91 Å². The Hall–Kier alpha value is -2.18. The van der Waals surface area contributed by atoms with Gasteiger partial charge in [0.1, 0.15) is 5.75 Å². The Kier molecular flexibility index (Phi) is 5.02. The maximum atomic E-state index is 12.8. The smallest absolute Gasteiger partial charge is 0.279 e. The van der Waals surface area contributed by atoms with Crippen LogP contribution in [0, 0.1) is 0 Å². The number of thiazole rings is 1. The van der Waals surface area contributed by atoms with Crippen LogP contribution in [-0.4, -0.2) is 17.6 Å².